The molecule has 0 atom stereocenters. The van der Waals surface area contributed by atoms with Crippen LogP contribution in [0.2, 0.25) is 5.02 Å². The van der Waals surface area contributed by atoms with E-state index in [4.69, 9.17) is 11.6 Å². The minimum absolute atomic E-state index is 0.303. The maximum absolute atomic E-state index is 11.9. The summed E-state index contributed by atoms with van der Waals surface area (Å²) < 4.78 is 0. The molecular weight excluding hydrogens is 332 g/mol. The third kappa shape index (κ3) is 4.28. The van der Waals surface area contributed by atoms with Crippen molar-refractivity contribution in [3.8, 4) is 10.6 Å². The molecule has 1 aromatic carbocycles. The highest BCUT2D eigenvalue weighted by Gasteiger charge is 2.07. The van der Waals surface area contributed by atoms with Crippen molar-refractivity contribution in [1.29, 1.82) is 0 Å². The third-order valence-corrected chi connectivity index (χ3v) is 4.15. The maximum atomic E-state index is 11.9. The van der Waals surface area contributed by atoms with Gasteiger partial charge in [0.15, 0.2) is 0 Å². The molecule has 0 aliphatic rings. The number of hydrogen-bond acceptors (Lipinski definition) is 4. The first-order valence-corrected chi connectivity index (χ1v) is 8.12. The monoisotopic (exact) mass is 344 g/mol. The predicted octanol–water partition coefficient (Wildman–Crippen LogP) is 4.18. The number of urea groups is 1. The normalized spacial score (nSPS) is 10.3. The second-order valence-corrected chi connectivity index (χ2v) is 6.00. The van der Waals surface area contributed by atoms with E-state index in [0.29, 0.717) is 17.3 Å². The molecule has 0 spiro atoms. The van der Waals surface area contributed by atoms with Gasteiger partial charge in [0.25, 0.3) is 0 Å². The molecule has 23 heavy (non-hydrogen) atoms. The van der Waals surface area contributed by atoms with Crippen molar-refractivity contribution < 1.29 is 4.79 Å². The zero-order chi connectivity index (χ0) is 16.1. The Bertz CT molecular complexity index is 807. The Labute approximate surface area is 142 Å². The molecule has 0 fully saturated rings. The highest BCUT2D eigenvalue weighted by Crippen LogP contribution is 2.22. The zero-order valence-corrected chi connectivity index (χ0v) is 13.6. The molecule has 7 heteroatoms. The summed E-state index contributed by atoms with van der Waals surface area (Å²) in [7, 11) is 0. The van der Waals surface area contributed by atoms with Crippen molar-refractivity contribution in [2.24, 2.45) is 0 Å². The van der Waals surface area contributed by atoms with Crippen molar-refractivity contribution in [3.05, 3.63) is 64.9 Å². The summed E-state index contributed by atoms with van der Waals surface area (Å²) in [5.41, 5.74) is 2.41. The van der Waals surface area contributed by atoms with Crippen molar-refractivity contribution in [2.75, 3.05) is 5.32 Å². The van der Waals surface area contributed by atoms with E-state index >= 15 is 0 Å². The van der Waals surface area contributed by atoms with Gasteiger partial charge in [-0.25, -0.2) is 9.78 Å². The average molecular weight is 345 g/mol. The molecule has 0 bridgehead atoms. The minimum atomic E-state index is -0.303. The van der Waals surface area contributed by atoms with Crippen molar-refractivity contribution in [3.63, 3.8) is 0 Å². The second kappa shape index (κ2) is 7.21. The van der Waals surface area contributed by atoms with Gasteiger partial charge in [-0.05, 0) is 30.3 Å². The molecule has 116 valence electrons. The van der Waals surface area contributed by atoms with Gasteiger partial charge in [-0.15, -0.1) is 11.3 Å². The molecule has 5 nitrogen and oxygen atoms in total. The van der Waals surface area contributed by atoms with Crippen LogP contribution in [0.4, 0.5) is 10.5 Å². The van der Waals surface area contributed by atoms with Gasteiger partial charge in [0, 0.05) is 34.0 Å². The van der Waals surface area contributed by atoms with Crippen LogP contribution in [0.1, 0.15) is 5.69 Å². The fourth-order valence-electron chi connectivity index (χ4n) is 1.92. The van der Waals surface area contributed by atoms with E-state index in [1.165, 1.54) is 11.3 Å². The molecule has 2 N–H and O–H groups in total. The van der Waals surface area contributed by atoms with Gasteiger partial charge in [-0.2, -0.15) is 0 Å². The van der Waals surface area contributed by atoms with Crippen LogP contribution in [0.3, 0.4) is 0 Å². The van der Waals surface area contributed by atoms with Crippen molar-refractivity contribution >= 4 is 34.7 Å². The van der Waals surface area contributed by atoms with Gasteiger partial charge in [0.2, 0.25) is 0 Å². The van der Waals surface area contributed by atoms with Crippen LogP contribution in [0.5, 0.6) is 0 Å². The van der Waals surface area contributed by atoms with Gasteiger partial charge in [-0.3, -0.25) is 4.98 Å². The van der Waals surface area contributed by atoms with Crippen LogP contribution in [0.25, 0.3) is 10.6 Å². The van der Waals surface area contributed by atoms with Crippen LogP contribution in [0, 0.1) is 0 Å². The summed E-state index contributed by atoms with van der Waals surface area (Å²) in [6, 6.07) is 10.5. The molecule has 2 aromatic heterocycles. The average Bonchev–Trinajstić information content (AvgIpc) is 3.03. The summed E-state index contributed by atoms with van der Waals surface area (Å²) >= 11 is 7.40. The first kappa shape index (κ1) is 15.5. The largest absolute Gasteiger partial charge is 0.332 e. The number of carbonyl (C=O) groups is 1. The number of carbonyl (C=O) groups excluding carboxylic acids is 1. The van der Waals surface area contributed by atoms with Gasteiger partial charge >= 0.3 is 6.03 Å². The lowest BCUT2D eigenvalue weighted by Crippen LogP contribution is -2.28. The lowest BCUT2D eigenvalue weighted by atomic mass is 10.3. The lowest BCUT2D eigenvalue weighted by Gasteiger charge is -2.06. The number of benzene rings is 1. The fraction of sp³-hybridized carbons (Fsp3) is 0.0625. The number of nitrogens with zero attached hydrogens (tertiary/aromatic N) is 2. The summed E-state index contributed by atoms with van der Waals surface area (Å²) in [6.07, 6.45) is 3.49. The second-order valence-electron chi connectivity index (χ2n) is 4.70. The number of aromatic nitrogens is 2. The molecule has 0 aliphatic heterocycles. The van der Waals surface area contributed by atoms with Crippen molar-refractivity contribution in [2.45, 2.75) is 6.54 Å². The SMILES string of the molecule is O=C(NCc1csc(-c2cccnc2)n1)Nc1cccc(Cl)c1. The third-order valence-electron chi connectivity index (χ3n) is 2.97. The maximum Gasteiger partial charge on any atom is 0.319 e. The number of halogens is 1. The van der Waals surface area contributed by atoms with Crippen LogP contribution < -0.4 is 10.6 Å². The van der Waals surface area contributed by atoms with Crippen LogP contribution in [-0.2, 0) is 6.54 Å². The Kier molecular flexibility index (Phi) is 4.85. The molecule has 3 aromatic rings. The Hall–Kier alpha value is -2.44. The Morgan fingerprint density at radius 1 is 1.26 bits per heavy atom. The Morgan fingerprint density at radius 3 is 2.96 bits per heavy atom. The van der Waals surface area contributed by atoms with E-state index in [0.717, 1.165) is 16.3 Å². The first-order valence-electron chi connectivity index (χ1n) is 6.86. The Balaban J connectivity index is 1.56. The standard InChI is InChI=1S/C16H13ClN4OS/c17-12-4-1-5-13(7-12)21-16(22)19-9-14-10-23-15(20-14)11-3-2-6-18-8-11/h1-8,10H,9H2,(H2,19,21,22). The van der Waals surface area contributed by atoms with E-state index < -0.39 is 0 Å². The highest BCUT2D eigenvalue weighted by atomic mass is 35.5. The molecule has 0 unspecified atom stereocenters. The van der Waals surface area contributed by atoms with Crippen LogP contribution in [-0.4, -0.2) is 16.0 Å². The summed E-state index contributed by atoms with van der Waals surface area (Å²) in [4.78, 5) is 20.4. The summed E-state index contributed by atoms with van der Waals surface area (Å²) in [6.45, 7) is 0.350. The number of amides is 2. The number of rotatable bonds is 4. The van der Waals surface area contributed by atoms with Crippen LogP contribution >= 0.6 is 22.9 Å². The first-order chi connectivity index (χ1) is 11.2. The van der Waals surface area contributed by atoms with Gasteiger partial charge in [-0.1, -0.05) is 17.7 Å². The number of thiazole rings is 1. The van der Waals surface area contributed by atoms with Crippen LogP contribution in [0.15, 0.2) is 54.2 Å². The van der Waals surface area contributed by atoms with E-state index in [1.807, 2.05) is 17.5 Å². The zero-order valence-electron chi connectivity index (χ0n) is 12.0. The van der Waals surface area contributed by atoms with E-state index in [9.17, 15) is 4.79 Å². The molecule has 0 saturated carbocycles. The molecule has 0 saturated heterocycles. The van der Waals surface area contributed by atoms with Crippen molar-refractivity contribution in [1.82, 2.24) is 15.3 Å². The number of anilines is 1. The van der Waals surface area contributed by atoms with E-state index in [2.05, 4.69) is 20.6 Å². The molecule has 0 aliphatic carbocycles. The number of hydrogen-bond donors (Lipinski definition) is 2. The lowest BCUT2D eigenvalue weighted by molar-refractivity contribution is 0.251. The highest BCUT2D eigenvalue weighted by molar-refractivity contribution is 7.13. The quantitative estimate of drug-likeness (QED) is 0.746. The fourth-order valence-corrected chi connectivity index (χ4v) is 2.92. The molecule has 3 rings (SSSR count). The summed E-state index contributed by atoms with van der Waals surface area (Å²) in [5, 5.41) is 8.86. The van der Waals surface area contributed by atoms with Gasteiger partial charge in [0.05, 0.1) is 12.2 Å². The van der Waals surface area contributed by atoms with Gasteiger partial charge in [0.1, 0.15) is 5.01 Å². The minimum Gasteiger partial charge on any atom is -0.332 e. The Morgan fingerprint density at radius 2 is 2.17 bits per heavy atom. The number of pyridine rings is 1. The van der Waals surface area contributed by atoms with E-state index in [1.54, 1.807) is 36.7 Å². The molecular formula is C16H13ClN4OS. The topological polar surface area (TPSA) is 66.9 Å². The molecule has 2 amide bonds. The molecule has 0 radical (unpaired) electrons. The molecule has 2 heterocycles. The predicted molar refractivity (Wildman–Crippen MR) is 92.7 cm³/mol. The summed E-state index contributed by atoms with van der Waals surface area (Å²) in [5.74, 6) is 0. The smallest absolute Gasteiger partial charge is 0.319 e. The van der Waals surface area contributed by atoms with E-state index in [-0.39, 0.29) is 6.03 Å². The number of nitrogens with one attached hydrogen (secondary N) is 2. The van der Waals surface area contributed by atoms with Gasteiger partial charge < -0.3 is 10.6 Å².